The second-order valence-electron chi connectivity index (χ2n) is 29.4. The lowest BCUT2D eigenvalue weighted by Gasteiger charge is -2.31. The number of benzene rings is 18. The molecule has 0 N–H and O–H groups in total. The van der Waals surface area contributed by atoms with Gasteiger partial charge in [-0.3, -0.25) is 0 Å². The van der Waals surface area contributed by atoms with Crippen LogP contribution in [0.15, 0.2) is 285 Å². The molecule has 0 bridgehead atoms. The Kier molecular flexibility index (Phi) is 11.9. The summed E-state index contributed by atoms with van der Waals surface area (Å²) in [6.45, 7) is 9.64. The van der Waals surface area contributed by atoms with E-state index in [0.717, 1.165) is 68.8 Å². The molecule has 0 fully saturated rings. The highest BCUT2D eigenvalue weighted by Gasteiger charge is 2.57. The maximum Gasteiger partial charge on any atom is 0.170 e. The number of nitrogens with zero attached hydrogens (tertiary/aromatic N) is 1. The van der Waals surface area contributed by atoms with Crippen LogP contribution in [0.4, 0.5) is 0 Å². The molecule has 5 heteroatoms. The minimum atomic E-state index is -0.470. The zero-order chi connectivity index (χ0) is 66.3. The third-order valence-corrected chi connectivity index (χ3v) is 22.6. The van der Waals surface area contributed by atoms with E-state index in [1.54, 1.807) is 0 Å². The molecule has 0 aliphatic heterocycles. The number of fused-ring (bicyclic) bond motifs is 7. The molecule has 100 heavy (non-hydrogen) atoms. The van der Waals surface area contributed by atoms with E-state index in [1.165, 1.54) is 125 Å². The van der Waals surface area contributed by atoms with Crippen molar-refractivity contribution in [2.75, 3.05) is 0 Å². The van der Waals surface area contributed by atoms with Crippen LogP contribution >= 0.6 is 0 Å². The molecule has 0 saturated heterocycles. The van der Waals surface area contributed by atoms with Gasteiger partial charge in [-0.25, -0.2) is 0 Å². The van der Waals surface area contributed by atoms with Gasteiger partial charge in [-0.15, -0.1) is 0 Å². The molecule has 1 aromatic heterocycles. The fourth-order valence-electron chi connectivity index (χ4n) is 18.3. The summed E-state index contributed by atoms with van der Waals surface area (Å²) in [4.78, 5) is 0. The van der Waals surface area contributed by atoms with Gasteiger partial charge < -0.3 is 23.5 Å². The molecule has 0 radical (unpaired) electrons. The second-order valence-corrected chi connectivity index (χ2v) is 29.4. The van der Waals surface area contributed by atoms with E-state index in [1.807, 2.05) is 0 Å². The summed E-state index contributed by atoms with van der Waals surface area (Å²) in [6, 6.07) is 103. The van der Waals surface area contributed by atoms with Gasteiger partial charge in [0.05, 0.1) is 11.0 Å². The van der Waals surface area contributed by atoms with Crippen LogP contribution in [0.3, 0.4) is 0 Å². The minimum absolute atomic E-state index is 0.295. The third kappa shape index (κ3) is 8.48. The molecule has 19 aromatic rings. The van der Waals surface area contributed by atoms with Crippen molar-refractivity contribution >= 4 is 131 Å². The number of rotatable bonds is 11. The van der Waals surface area contributed by atoms with E-state index in [-0.39, 0.29) is 10.8 Å². The highest BCUT2D eigenvalue weighted by Crippen LogP contribution is 2.66. The maximum atomic E-state index is 7.59. The fourth-order valence-corrected chi connectivity index (χ4v) is 18.3. The summed E-state index contributed by atoms with van der Waals surface area (Å²) in [5, 5.41) is 23.8. The number of ether oxygens (including phenoxy) is 4. The van der Waals surface area contributed by atoms with Crippen molar-refractivity contribution in [1.29, 1.82) is 0 Å². The standard InChI is InChI=1S/C95H65NO4/c1-93(2)54-95(55-94(3,4)75-51-84(98-80-47-37-64-31-28-58-12-9-15-61-34-44-71(80)90(64)87(58)61)86(53-77(75)95)100-82-49-39-66-33-30-60-14-11-17-63-36-46-73(82)92(66)89(60)63)76-52-85(99-81-48-38-65-32-29-59-13-10-16-62-35-45-72(81)91(65)88(59)62)83(50-74(76)93)97-68-42-26-57(27-43-68)23-22-56-24-40-67(41-25-56)96-78-20-7-5-18-69(78)70-19-6-8-21-79(70)96/h5-53H,54-55H2,1-4H3/b23-22+. The predicted molar refractivity (Wildman–Crippen MR) is 416 cm³/mol. The van der Waals surface area contributed by atoms with Crippen molar-refractivity contribution in [2.24, 2.45) is 0 Å². The van der Waals surface area contributed by atoms with E-state index in [2.05, 4.69) is 330 Å². The van der Waals surface area contributed by atoms with Crippen LogP contribution in [-0.2, 0) is 16.2 Å². The molecule has 0 saturated carbocycles. The zero-order valence-corrected chi connectivity index (χ0v) is 55.8. The minimum Gasteiger partial charge on any atom is -0.453 e. The predicted octanol–water partition coefficient (Wildman–Crippen LogP) is 26.5. The van der Waals surface area contributed by atoms with Gasteiger partial charge in [0.15, 0.2) is 23.0 Å². The highest BCUT2D eigenvalue weighted by molar-refractivity contribution is 6.26. The molecule has 18 aromatic carbocycles. The molecule has 21 rings (SSSR count). The SMILES string of the molecule is CC1(C)CC2(CC(C)(C)c3cc(Oc4ccc5ccc6cccc7ccc4c5c67)c(Oc4ccc5ccc6cccc7ccc4c5c67)cc32)c2cc(Oc3ccc4ccc5cccc6ccc3c4c56)c(Oc3ccc(/C=C/c4ccc(-n5c6ccccc6c6ccccc65)cc4)cc3)cc21. The van der Waals surface area contributed by atoms with Gasteiger partial charge in [0.2, 0.25) is 0 Å². The van der Waals surface area contributed by atoms with Gasteiger partial charge in [0.25, 0.3) is 0 Å². The smallest absolute Gasteiger partial charge is 0.170 e. The van der Waals surface area contributed by atoms with Gasteiger partial charge in [-0.1, -0.05) is 228 Å². The highest BCUT2D eigenvalue weighted by atomic mass is 16.5. The normalized spacial score (nSPS) is 15.7. The summed E-state index contributed by atoms with van der Waals surface area (Å²) < 4.78 is 32.2. The molecular weight excluding hydrogens is 1220 g/mol. The quantitative estimate of drug-likeness (QED) is 0.0956. The first-order valence-electron chi connectivity index (χ1n) is 34.9. The molecule has 1 atom stereocenters. The Balaban J connectivity index is 0.695. The zero-order valence-electron chi connectivity index (χ0n) is 55.8. The lowest BCUT2D eigenvalue weighted by atomic mass is 9.72. The number of para-hydroxylation sites is 2. The van der Waals surface area contributed by atoms with Crippen molar-refractivity contribution in [3.63, 3.8) is 0 Å². The summed E-state index contributed by atoms with van der Waals surface area (Å²) in [6.07, 6.45) is 6.05. The molecule has 2 aliphatic carbocycles. The monoisotopic (exact) mass is 1280 g/mol. The average molecular weight is 1280 g/mol. The summed E-state index contributed by atoms with van der Waals surface area (Å²) >= 11 is 0. The Morgan fingerprint density at radius 2 is 0.590 bits per heavy atom. The number of hydrogen-bond acceptors (Lipinski definition) is 4. The van der Waals surface area contributed by atoms with E-state index in [0.29, 0.717) is 23.0 Å². The summed E-state index contributed by atoms with van der Waals surface area (Å²) in [5.41, 5.74) is 9.61. The van der Waals surface area contributed by atoms with Crippen molar-refractivity contribution in [3.8, 4) is 51.7 Å². The van der Waals surface area contributed by atoms with Crippen molar-refractivity contribution in [3.05, 3.63) is 318 Å². The fraction of sp³-hybridized carbons (Fsp3) is 0.0947. The Morgan fingerprint density at radius 3 is 0.980 bits per heavy atom. The van der Waals surface area contributed by atoms with Crippen LogP contribution in [0.1, 0.15) is 73.9 Å². The Labute approximate surface area is 577 Å². The third-order valence-electron chi connectivity index (χ3n) is 22.6. The largest absolute Gasteiger partial charge is 0.453 e. The molecule has 474 valence electrons. The van der Waals surface area contributed by atoms with Crippen LogP contribution in [0.25, 0.3) is 137 Å². The van der Waals surface area contributed by atoms with Gasteiger partial charge in [0.1, 0.15) is 23.0 Å². The molecule has 1 unspecified atom stereocenters. The first-order valence-corrected chi connectivity index (χ1v) is 34.9. The lowest BCUT2D eigenvalue weighted by molar-refractivity contribution is 0.349. The van der Waals surface area contributed by atoms with Crippen molar-refractivity contribution in [2.45, 2.75) is 56.8 Å². The Hall–Kier alpha value is -12.2. The van der Waals surface area contributed by atoms with Gasteiger partial charge in [-0.2, -0.15) is 0 Å². The van der Waals surface area contributed by atoms with Crippen molar-refractivity contribution < 1.29 is 18.9 Å². The Morgan fingerprint density at radius 1 is 0.270 bits per heavy atom. The molecule has 0 amide bonds. The molecule has 1 heterocycles. The molecule has 2 aliphatic rings. The van der Waals surface area contributed by atoms with Crippen LogP contribution in [0, 0.1) is 0 Å². The van der Waals surface area contributed by atoms with E-state index in [4.69, 9.17) is 18.9 Å². The van der Waals surface area contributed by atoms with Crippen LogP contribution in [0.5, 0.6) is 46.0 Å². The Bertz CT molecular complexity index is 6550. The van der Waals surface area contributed by atoms with Crippen LogP contribution in [-0.4, -0.2) is 4.57 Å². The van der Waals surface area contributed by atoms with E-state index in [9.17, 15) is 0 Å². The molecular formula is C95H65NO4. The first-order chi connectivity index (χ1) is 48.9. The maximum absolute atomic E-state index is 7.59. The molecule has 1 spiro atoms. The lowest BCUT2D eigenvalue weighted by Crippen LogP contribution is -2.27. The number of aromatic nitrogens is 1. The van der Waals surface area contributed by atoms with E-state index >= 15 is 0 Å². The van der Waals surface area contributed by atoms with Gasteiger partial charge >= 0.3 is 0 Å². The second kappa shape index (κ2) is 20.9. The average Bonchev–Trinajstić information content (AvgIpc) is 1.51. The first kappa shape index (κ1) is 56.9. The number of hydrogen-bond donors (Lipinski definition) is 0. The summed E-state index contributed by atoms with van der Waals surface area (Å²) in [7, 11) is 0. The summed E-state index contributed by atoms with van der Waals surface area (Å²) in [5.74, 6) is 5.72. The topological polar surface area (TPSA) is 41.9 Å². The van der Waals surface area contributed by atoms with Crippen LogP contribution < -0.4 is 18.9 Å². The van der Waals surface area contributed by atoms with E-state index < -0.39 is 5.41 Å². The van der Waals surface area contributed by atoms with Gasteiger partial charge in [0, 0.05) is 54.2 Å². The van der Waals surface area contributed by atoms with Crippen LogP contribution in [0.2, 0.25) is 0 Å². The van der Waals surface area contributed by atoms with Gasteiger partial charge in [-0.05, 0) is 219 Å². The molecule has 5 nitrogen and oxygen atoms in total. The van der Waals surface area contributed by atoms with Crippen molar-refractivity contribution in [1.82, 2.24) is 4.57 Å².